The van der Waals surface area contributed by atoms with Crippen LogP contribution in [0.2, 0.25) is 0 Å². The number of nitrogen functional groups attached to an aromatic ring is 1. The molecule has 0 aliphatic carbocycles. The number of hydrogen-bond donors (Lipinski definition) is 1. The number of halogens is 3. The minimum atomic E-state index is -4.59. The fourth-order valence-electron chi connectivity index (χ4n) is 3.16. The number of aromatic nitrogens is 3. The number of nitrogens with zero attached hydrogens (tertiary/aromatic N) is 3. The van der Waals surface area contributed by atoms with Crippen LogP contribution in [0.1, 0.15) is 5.56 Å². The zero-order valence-corrected chi connectivity index (χ0v) is 14.9. The molecule has 28 heavy (non-hydrogen) atoms. The molecule has 0 fully saturated rings. The first kappa shape index (κ1) is 17.0. The van der Waals surface area contributed by atoms with Crippen LogP contribution in [0.25, 0.3) is 31.7 Å². The number of pyridine rings is 1. The number of rotatable bonds is 1. The Bertz CT molecular complexity index is 1240. The van der Waals surface area contributed by atoms with Gasteiger partial charge in [0.1, 0.15) is 30.2 Å². The van der Waals surface area contributed by atoms with Crippen LogP contribution in [0.15, 0.2) is 30.6 Å². The number of thiophene rings is 1. The van der Waals surface area contributed by atoms with Crippen LogP contribution < -0.4 is 15.2 Å². The molecule has 0 unspecified atom stereocenters. The molecule has 1 aliphatic heterocycles. The number of fused-ring (bicyclic) bond motifs is 4. The number of alkyl halides is 3. The number of nitrogens with two attached hydrogens (primary N) is 1. The molecule has 0 spiro atoms. The first-order chi connectivity index (χ1) is 13.4. The van der Waals surface area contributed by atoms with Crippen molar-refractivity contribution < 1.29 is 22.6 Å². The van der Waals surface area contributed by atoms with Gasteiger partial charge in [0.25, 0.3) is 0 Å². The van der Waals surface area contributed by atoms with Gasteiger partial charge >= 0.3 is 6.18 Å². The standard InChI is InChI=1S/C18H11F3N4O2S/c19-18(20,21)9-6-10(8-1-2-11-12(5-8)27-4-3-26-11)25-17-13(9)14-15(28-17)16(22)24-7-23-14/h1-2,5-7H,3-4H2,(H2,22,23,24). The summed E-state index contributed by atoms with van der Waals surface area (Å²) >= 11 is 1.04. The first-order valence-corrected chi connectivity index (χ1v) is 9.04. The molecule has 0 atom stereocenters. The lowest BCUT2D eigenvalue weighted by Gasteiger charge is -2.19. The lowest BCUT2D eigenvalue weighted by atomic mass is 10.1. The Hall–Kier alpha value is -3.14. The first-order valence-electron chi connectivity index (χ1n) is 8.23. The molecule has 0 saturated heterocycles. The number of benzene rings is 1. The van der Waals surface area contributed by atoms with Gasteiger partial charge in [-0.1, -0.05) is 0 Å². The van der Waals surface area contributed by atoms with E-state index in [2.05, 4.69) is 15.0 Å². The van der Waals surface area contributed by atoms with E-state index in [-0.39, 0.29) is 27.2 Å². The fourth-order valence-corrected chi connectivity index (χ4v) is 4.22. The molecule has 4 aromatic rings. The Balaban J connectivity index is 1.79. The van der Waals surface area contributed by atoms with Crippen molar-refractivity contribution in [1.29, 1.82) is 0 Å². The minimum absolute atomic E-state index is 0.0668. The van der Waals surface area contributed by atoms with Gasteiger partial charge in [0.15, 0.2) is 11.5 Å². The molecule has 5 rings (SSSR count). The van der Waals surface area contributed by atoms with E-state index in [0.717, 1.165) is 23.7 Å². The zero-order chi connectivity index (χ0) is 19.5. The van der Waals surface area contributed by atoms with Crippen LogP contribution in [0, 0.1) is 0 Å². The second-order valence-corrected chi connectivity index (χ2v) is 7.13. The third-order valence-electron chi connectivity index (χ3n) is 4.40. The van der Waals surface area contributed by atoms with Gasteiger partial charge in [0.2, 0.25) is 0 Å². The van der Waals surface area contributed by atoms with Gasteiger partial charge < -0.3 is 15.2 Å². The molecule has 10 heteroatoms. The summed E-state index contributed by atoms with van der Waals surface area (Å²) in [6.45, 7) is 0.810. The Kier molecular flexibility index (Phi) is 3.60. The van der Waals surface area contributed by atoms with Crippen molar-refractivity contribution in [3.05, 3.63) is 36.2 Å². The molecule has 2 N–H and O–H groups in total. The van der Waals surface area contributed by atoms with E-state index < -0.39 is 11.7 Å². The van der Waals surface area contributed by atoms with Gasteiger partial charge in [-0.05, 0) is 24.3 Å². The Morgan fingerprint density at radius 1 is 1.04 bits per heavy atom. The van der Waals surface area contributed by atoms with E-state index in [1.165, 1.54) is 0 Å². The van der Waals surface area contributed by atoms with Crippen molar-refractivity contribution in [2.75, 3.05) is 18.9 Å². The maximum absolute atomic E-state index is 13.9. The van der Waals surface area contributed by atoms with Gasteiger partial charge in [-0.15, -0.1) is 11.3 Å². The summed E-state index contributed by atoms with van der Waals surface area (Å²) in [5.41, 5.74) is 5.83. The molecule has 6 nitrogen and oxygen atoms in total. The quantitative estimate of drug-likeness (QED) is 0.510. The van der Waals surface area contributed by atoms with Gasteiger partial charge in [-0.2, -0.15) is 13.2 Å². The number of anilines is 1. The summed E-state index contributed by atoms with van der Waals surface area (Å²) in [6, 6.07) is 5.98. The van der Waals surface area contributed by atoms with Gasteiger partial charge in [-0.3, -0.25) is 0 Å². The number of ether oxygens (including phenoxy) is 2. The molecule has 142 valence electrons. The van der Waals surface area contributed by atoms with E-state index in [1.807, 2.05) is 0 Å². The van der Waals surface area contributed by atoms with Gasteiger partial charge in [0.05, 0.1) is 26.9 Å². The van der Waals surface area contributed by atoms with Crippen molar-refractivity contribution in [3.8, 4) is 22.8 Å². The monoisotopic (exact) mass is 404 g/mol. The Labute approximate surface area is 159 Å². The molecular formula is C18H11F3N4O2S. The second-order valence-electron chi connectivity index (χ2n) is 6.13. The Morgan fingerprint density at radius 2 is 1.82 bits per heavy atom. The van der Waals surface area contributed by atoms with Crippen molar-refractivity contribution in [2.45, 2.75) is 6.18 Å². The van der Waals surface area contributed by atoms with Crippen LogP contribution in [0.3, 0.4) is 0 Å². The molecule has 1 aromatic carbocycles. The van der Waals surface area contributed by atoms with Crippen LogP contribution in [0.5, 0.6) is 11.5 Å². The smallest absolute Gasteiger partial charge is 0.417 e. The van der Waals surface area contributed by atoms with Crippen molar-refractivity contribution >= 4 is 37.6 Å². The van der Waals surface area contributed by atoms with Crippen LogP contribution in [-0.2, 0) is 6.18 Å². The summed E-state index contributed by atoms with van der Waals surface area (Å²) < 4.78 is 52.9. The molecule has 1 aliphatic rings. The van der Waals surface area contributed by atoms with Crippen molar-refractivity contribution in [3.63, 3.8) is 0 Å². The van der Waals surface area contributed by atoms with E-state index in [1.54, 1.807) is 18.2 Å². The molecule has 0 bridgehead atoms. The second kappa shape index (κ2) is 5.93. The molecule has 0 radical (unpaired) electrons. The van der Waals surface area contributed by atoms with E-state index >= 15 is 0 Å². The van der Waals surface area contributed by atoms with Crippen LogP contribution in [0.4, 0.5) is 19.0 Å². The summed E-state index contributed by atoms with van der Waals surface area (Å²) in [6.07, 6.45) is -3.43. The molecule has 0 amide bonds. The highest BCUT2D eigenvalue weighted by atomic mass is 32.1. The summed E-state index contributed by atoms with van der Waals surface area (Å²) in [5, 5.41) is -0.0668. The SMILES string of the molecule is Nc1ncnc2c1sc1nc(-c3ccc4c(c3)OCCO4)cc(C(F)(F)F)c12. The average molecular weight is 404 g/mol. The topological polar surface area (TPSA) is 83.2 Å². The summed E-state index contributed by atoms with van der Waals surface area (Å²) in [7, 11) is 0. The zero-order valence-electron chi connectivity index (χ0n) is 14.1. The van der Waals surface area contributed by atoms with Crippen LogP contribution >= 0.6 is 11.3 Å². The van der Waals surface area contributed by atoms with E-state index in [9.17, 15) is 13.2 Å². The maximum Gasteiger partial charge on any atom is 0.417 e. The highest BCUT2D eigenvalue weighted by molar-refractivity contribution is 7.26. The highest BCUT2D eigenvalue weighted by Crippen LogP contribution is 2.44. The lowest BCUT2D eigenvalue weighted by molar-refractivity contribution is -0.136. The molecule has 0 saturated carbocycles. The van der Waals surface area contributed by atoms with E-state index in [0.29, 0.717) is 35.0 Å². The molecule has 3 aromatic heterocycles. The summed E-state index contributed by atoms with van der Waals surface area (Å²) in [4.78, 5) is 12.5. The highest BCUT2D eigenvalue weighted by Gasteiger charge is 2.35. The normalized spacial score (nSPS) is 14.0. The molecule has 4 heterocycles. The average Bonchev–Trinajstić information content (AvgIpc) is 3.06. The predicted octanol–water partition coefficient (Wildman–Crippen LogP) is 4.28. The predicted molar refractivity (Wildman–Crippen MR) is 98.6 cm³/mol. The summed E-state index contributed by atoms with van der Waals surface area (Å²) in [5.74, 6) is 1.16. The Morgan fingerprint density at radius 3 is 2.61 bits per heavy atom. The minimum Gasteiger partial charge on any atom is -0.486 e. The van der Waals surface area contributed by atoms with Gasteiger partial charge in [-0.25, -0.2) is 15.0 Å². The maximum atomic E-state index is 13.9. The van der Waals surface area contributed by atoms with Gasteiger partial charge in [0, 0.05) is 5.56 Å². The molecular weight excluding hydrogens is 393 g/mol. The van der Waals surface area contributed by atoms with Crippen molar-refractivity contribution in [2.24, 2.45) is 0 Å². The third-order valence-corrected chi connectivity index (χ3v) is 5.49. The fraction of sp³-hybridized carbons (Fsp3) is 0.167. The lowest BCUT2D eigenvalue weighted by Crippen LogP contribution is -2.15. The van der Waals surface area contributed by atoms with Crippen molar-refractivity contribution in [1.82, 2.24) is 15.0 Å². The largest absolute Gasteiger partial charge is 0.486 e. The van der Waals surface area contributed by atoms with Crippen LogP contribution in [-0.4, -0.2) is 28.2 Å². The number of hydrogen-bond acceptors (Lipinski definition) is 7. The third kappa shape index (κ3) is 2.60. The van der Waals surface area contributed by atoms with E-state index in [4.69, 9.17) is 15.2 Å².